The van der Waals surface area contributed by atoms with Crippen molar-refractivity contribution in [2.75, 3.05) is 25.0 Å². The Balaban J connectivity index is 0. The molecule has 1 rings (SSSR count). The predicted octanol–water partition coefficient (Wildman–Crippen LogP) is 3.63. The Hall–Kier alpha value is -4.49. The van der Waals surface area contributed by atoms with Crippen LogP contribution in [0.15, 0.2) is 24.3 Å². The van der Waals surface area contributed by atoms with E-state index in [9.17, 15) is 33.6 Å². The first-order valence-electron chi connectivity index (χ1n) is 16.6. The molecule has 0 heterocycles. The summed E-state index contributed by atoms with van der Waals surface area (Å²) in [6.07, 6.45) is 4.13. The Morgan fingerprint density at radius 2 is 1.54 bits per heavy atom. The normalized spacial score (nSPS) is 11.2. The van der Waals surface area contributed by atoms with Crippen molar-refractivity contribution in [2.24, 2.45) is 17.6 Å². The monoisotopic (exact) mass is 678 g/mol. The van der Waals surface area contributed by atoms with Crippen LogP contribution in [0.5, 0.6) is 0 Å². The quantitative estimate of drug-likeness (QED) is 0.0828. The van der Waals surface area contributed by atoms with Crippen LogP contribution in [0.4, 0.5) is 10.5 Å². The van der Waals surface area contributed by atoms with Crippen LogP contribution in [-0.4, -0.2) is 72.6 Å². The van der Waals surface area contributed by atoms with Crippen molar-refractivity contribution in [3.63, 3.8) is 0 Å². The number of hydrogen-bond acceptors (Lipinski definition) is 8. The maximum absolute atomic E-state index is 12.7. The van der Waals surface area contributed by atoms with Gasteiger partial charge >= 0.3 is 12.0 Å². The number of hydrogen-bond donors (Lipinski definition) is 5. The van der Waals surface area contributed by atoms with Gasteiger partial charge in [-0.2, -0.15) is 0 Å². The van der Waals surface area contributed by atoms with Crippen LogP contribution < -0.4 is 27.0 Å². The molecular weight excluding hydrogens is 620 g/mol. The van der Waals surface area contributed by atoms with E-state index in [0.29, 0.717) is 50.9 Å². The van der Waals surface area contributed by atoms with Crippen LogP contribution in [0.3, 0.4) is 0 Å². The molecule has 272 valence electrons. The lowest BCUT2D eigenvalue weighted by Gasteiger charge is -2.22. The molecule has 1 aromatic carbocycles. The van der Waals surface area contributed by atoms with Gasteiger partial charge in [0.05, 0.1) is 6.54 Å². The summed E-state index contributed by atoms with van der Waals surface area (Å²) < 4.78 is 4.92. The van der Waals surface area contributed by atoms with Gasteiger partial charge in [0.2, 0.25) is 30.0 Å². The summed E-state index contributed by atoms with van der Waals surface area (Å²) in [6, 6.07) is 5.51. The number of nitrogens with one attached hydrogen (secondary N) is 4. The van der Waals surface area contributed by atoms with Crippen molar-refractivity contribution in [3.8, 4) is 0 Å². The molecule has 14 nitrogen and oxygen atoms in total. The van der Waals surface area contributed by atoms with E-state index in [-0.39, 0.29) is 49.2 Å². The van der Waals surface area contributed by atoms with Gasteiger partial charge in [-0.15, -0.1) is 0 Å². The second-order valence-electron chi connectivity index (χ2n) is 11.1. The summed E-state index contributed by atoms with van der Waals surface area (Å²) in [7, 11) is 0. The lowest BCUT2D eigenvalue weighted by Crippen LogP contribution is -2.51. The zero-order chi connectivity index (χ0) is 37.1. The van der Waals surface area contributed by atoms with Gasteiger partial charge in [-0.3, -0.25) is 33.7 Å². The highest BCUT2D eigenvalue weighted by Crippen LogP contribution is 2.11. The van der Waals surface area contributed by atoms with Crippen LogP contribution in [0.1, 0.15) is 99.5 Å². The number of nitrogens with two attached hydrogens (primary N) is 1. The summed E-state index contributed by atoms with van der Waals surface area (Å²) in [4.78, 5) is 82.6. The molecule has 2 unspecified atom stereocenters. The molecule has 0 bridgehead atoms. The van der Waals surface area contributed by atoms with E-state index in [1.165, 1.54) is 11.8 Å². The number of benzene rings is 1. The van der Waals surface area contributed by atoms with E-state index >= 15 is 0 Å². The fourth-order valence-corrected chi connectivity index (χ4v) is 3.80. The molecular formula is C34H58N6O8. The minimum absolute atomic E-state index is 0.139. The highest BCUT2D eigenvalue weighted by Gasteiger charge is 2.24. The summed E-state index contributed by atoms with van der Waals surface area (Å²) in [6.45, 7) is 15.4. The summed E-state index contributed by atoms with van der Waals surface area (Å²) >= 11 is 0. The molecule has 6 N–H and O–H groups in total. The number of amides is 7. The molecule has 2 atom stereocenters. The summed E-state index contributed by atoms with van der Waals surface area (Å²) in [5.74, 6) is -2.17. The standard InChI is InChI=1S/C28H42N4O7.C4H10N2O.C2H6/c1-6-20(4)28(38)32(18-33)15-9-7-8-10-24(35)31-26(19(2)3)27(37)29-16-25(36)30-23-13-11-22(12-14-23)17-39-21(5)34;1-2-3-6-4(5)7;1-2/h11-14,18-20,26H,6-10,15-17H2,1-5H3,(H,29,37)(H,30,36)(H,31,35);2-3H2,1H3,(H3,5,6,7);1-2H3. The van der Waals surface area contributed by atoms with Crippen molar-refractivity contribution in [1.29, 1.82) is 0 Å². The number of urea groups is 1. The average Bonchev–Trinajstić information content (AvgIpc) is 3.06. The second-order valence-corrected chi connectivity index (χ2v) is 11.1. The highest BCUT2D eigenvalue weighted by molar-refractivity contribution is 5.96. The topological polar surface area (TPSA) is 206 Å². The Kier molecular flexibility index (Phi) is 26.2. The third-order valence-electron chi connectivity index (χ3n) is 6.66. The smallest absolute Gasteiger partial charge is 0.312 e. The third-order valence-corrected chi connectivity index (χ3v) is 6.66. The zero-order valence-electron chi connectivity index (χ0n) is 30.0. The number of carbonyl (C=O) groups excluding carboxylic acids is 7. The van der Waals surface area contributed by atoms with Gasteiger partial charge in [0.1, 0.15) is 12.6 Å². The molecule has 48 heavy (non-hydrogen) atoms. The van der Waals surface area contributed by atoms with Gasteiger partial charge in [0, 0.05) is 38.0 Å². The maximum Gasteiger partial charge on any atom is 0.312 e. The molecule has 0 radical (unpaired) electrons. The number of rotatable bonds is 19. The Morgan fingerprint density at radius 3 is 2.02 bits per heavy atom. The number of unbranched alkanes of at least 4 members (excludes halogenated alkanes) is 2. The van der Waals surface area contributed by atoms with Crippen LogP contribution in [-0.2, 0) is 40.1 Å². The lowest BCUT2D eigenvalue weighted by atomic mass is 10.0. The number of carbonyl (C=O) groups is 7. The summed E-state index contributed by atoms with van der Waals surface area (Å²) in [5, 5.41) is 10.4. The molecule has 7 amide bonds. The van der Waals surface area contributed by atoms with E-state index < -0.39 is 23.9 Å². The molecule has 0 fully saturated rings. The van der Waals surface area contributed by atoms with E-state index in [1.54, 1.807) is 45.0 Å². The molecule has 0 aromatic heterocycles. The minimum atomic E-state index is -0.801. The second kappa shape index (κ2) is 27.6. The van der Waals surface area contributed by atoms with Crippen LogP contribution in [0.2, 0.25) is 0 Å². The van der Waals surface area contributed by atoms with Gasteiger partial charge in [-0.1, -0.05) is 67.0 Å². The van der Waals surface area contributed by atoms with Gasteiger partial charge in [-0.25, -0.2) is 4.79 Å². The molecule has 0 spiro atoms. The van der Waals surface area contributed by atoms with E-state index in [2.05, 4.69) is 21.3 Å². The van der Waals surface area contributed by atoms with Crippen LogP contribution >= 0.6 is 0 Å². The Morgan fingerprint density at radius 1 is 0.917 bits per heavy atom. The van der Waals surface area contributed by atoms with Crippen LogP contribution in [0.25, 0.3) is 0 Å². The molecule has 0 saturated heterocycles. The molecule has 0 aliphatic rings. The maximum atomic E-state index is 12.7. The first-order chi connectivity index (χ1) is 22.7. The summed E-state index contributed by atoms with van der Waals surface area (Å²) in [5.41, 5.74) is 6.02. The van der Waals surface area contributed by atoms with Crippen molar-refractivity contribution >= 4 is 47.7 Å². The number of esters is 1. The number of imide groups is 1. The first kappa shape index (κ1) is 45.6. The Bertz CT molecular complexity index is 1130. The van der Waals surface area contributed by atoms with E-state index in [4.69, 9.17) is 10.5 Å². The fraction of sp³-hybridized carbons (Fsp3) is 0.618. The number of nitrogens with zero attached hydrogens (tertiary/aromatic N) is 1. The van der Waals surface area contributed by atoms with Crippen LogP contribution in [0, 0.1) is 11.8 Å². The molecule has 0 saturated carbocycles. The largest absolute Gasteiger partial charge is 0.461 e. The Labute approximate surface area is 285 Å². The lowest BCUT2D eigenvalue weighted by molar-refractivity contribution is -0.142. The minimum Gasteiger partial charge on any atom is -0.461 e. The predicted molar refractivity (Wildman–Crippen MR) is 185 cm³/mol. The molecule has 1 aromatic rings. The van der Waals surface area contributed by atoms with Gasteiger partial charge in [0.15, 0.2) is 0 Å². The van der Waals surface area contributed by atoms with E-state index in [1.807, 2.05) is 27.7 Å². The van der Waals surface area contributed by atoms with Gasteiger partial charge < -0.3 is 31.7 Å². The van der Waals surface area contributed by atoms with Gasteiger partial charge in [-0.05, 0) is 49.3 Å². The van der Waals surface area contributed by atoms with Gasteiger partial charge in [0.25, 0.3) is 0 Å². The van der Waals surface area contributed by atoms with Crippen molar-refractivity contribution in [1.82, 2.24) is 20.9 Å². The third kappa shape index (κ3) is 22.1. The van der Waals surface area contributed by atoms with Crippen molar-refractivity contribution in [2.45, 2.75) is 107 Å². The first-order valence-corrected chi connectivity index (χ1v) is 16.6. The number of ether oxygens (including phenoxy) is 1. The SMILES string of the molecule is CC.CCC(C)C(=O)N(C=O)CCCCCC(=O)NC(C(=O)NCC(=O)Nc1ccc(COC(C)=O)cc1)C(C)C.CCCNC(N)=O. The fourth-order valence-electron chi connectivity index (χ4n) is 3.80. The number of anilines is 1. The van der Waals surface area contributed by atoms with Crippen molar-refractivity contribution in [3.05, 3.63) is 29.8 Å². The number of primary amides is 1. The highest BCUT2D eigenvalue weighted by atomic mass is 16.5. The van der Waals surface area contributed by atoms with Crippen molar-refractivity contribution < 1.29 is 38.3 Å². The molecule has 0 aliphatic carbocycles. The average molecular weight is 679 g/mol. The zero-order valence-corrected chi connectivity index (χ0v) is 30.0. The molecule has 0 aliphatic heterocycles. The van der Waals surface area contributed by atoms with E-state index in [0.717, 1.165) is 12.0 Å². The molecule has 14 heteroatoms.